The summed E-state index contributed by atoms with van der Waals surface area (Å²) < 4.78 is 15.1. The number of aromatic nitrogens is 5. The molecule has 3 heterocycles. The van der Waals surface area contributed by atoms with Crippen molar-refractivity contribution >= 4 is 5.82 Å². The molecule has 0 bridgehead atoms. The molecule has 168 valence electrons. The van der Waals surface area contributed by atoms with Crippen molar-refractivity contribution in [2.75, 3.05) is 5.32 Å². The number of aryl methyl sites for hydroxylation is 1. The van der Waals surface area contributed by atoms with E-state index in [1.54, 1.807) is 18.5 Å². The molecule has 1 aliphatic rings. The van der Waals surface area contributed by atoms with Gasteiger partial charge in [0.25, 0.3) is 0 Å². The van der Waals surface area contributed by atoms with Crippen molar-refractivity contribution in [2.24, 2.45) is 0 Å². The summed E-state index contributed by atoms with van der Waals surface area (Å²) in [5, 5.41) is 22.4. The van der Waals surface area contributed by atoms with Crippen molar-refractivity contribution in [3.63, 3.8) is 0 Å². The molecule has 8 heteroatoms. The predicted octanol–water partition coefficient (Wildman–Crippen LogP) is 4.33. The van der Waals surface area contributed by atoms with E-state index in [-0.39, 0.29) is 18.5 Å². The summed E-state index contributed by atoms with van der Waals surface area (Å²) in [5.41, 5.74) is 6.97. The van der Waals surface area contributed by atoms with Crippen LogP contribution >= 0.6 is 0 Å². The molecule has 2 N–H and O–H groups in total. The molecule has 7 nitrogen and oxygen atoms in total. The number of rotatable bonds is 6. The number of fused-ring (bicyclic) bond motifs is 1. The smallest absolute Gasteiger partial charge is 0.152 e. The molecule has 1 aromatic carbocycles. The van der Waals surface area contributed by atoms with E-state index in [2.05, 4.69) is 20.5 Å². The molecule has 5 rings (SSSR count). The topological polar surface area (TPSA) is 88.8 Å². The van der Waals surface area contributed by atoms with E-state index in [1.807, 2.05) is 36.7 Å². The maximum atomic E-state index is 13.3. The normalized spacial score (nSPS) is 13.7. The Morgan fingerprint density at radius 1 is 1.09 bits per heavy atom. The first-order chi connectivity index (χ1) is 16.0. The van der Waals surface area contributed by atoms with Gasteiger partial charge in [-0.05, 0) is 68.5 Å². The summed E-state index contributed by atoms with van der Waals surface area (Å²) in [4.78, 5) is 8.98. The fourth-order valence-corrected chi connectivity index (χ4v) is 4.38. The highest BCUT2D eigenvalue weighted by atomic mass is 19.1. The fourth-order valence-electron chi connectivity index (χ4n) is 4.38. The number of nitrogens with zero attached hydrogens (tertiary/aromatic N) is 5. The number of nitrogens with one attached hydrogen (secondary N) is 1. The molecule has 33 heavy (non-hydrogen) atoms. The van der Waals surface area contributed by atoms with Crippen molar-refractivity contribution in [1.29, 1.82) is 0 Å². The van der Waals surface area contributed by atoms with Gasteiger partial charge in [-0.25, -0.2) is 14.4 Å². The monoisotopic (exact) mass is 444 g/mol. The summed E-state index contributed by atoms with van der Waals surface area (Å²) in [6.07, 6.45) is 6.45. The van der Waals surface area contributed by atoms with Gasteiger partial charge in [-0.1, -0.05) is 12.1 Å². The quantitative estimate of drug-likeness (QED) is 0.460. The number of hydrogen-bond acceptors (Lipinski definition) is 6. The van der Waals surface area contributed by atoms with Crippen molar-refractivity contribution in [3.8, 4) is 17.1 Å². The van der Waals surface area contributed by atoms with Gasteiger partial charge < -0.3 is 15.0 Å². The third-order valence-electron chi connectivity index (χ3n) is 6.10. The van der Waals surface area contributed by atoms with E-state index >= 15 is 0 Å². The van der Waals surface area contributed by atoms with Gasteiger partial charge in [-0.3, -0.25) is 0 Å². The van der Waals surface area contributed by atoms with Gasteiger partial charge in [0.2, 0.25) is 0 Å². The van der Waals surface area contributed by atoms with Crippen LogP contribution in [0.15, 0.2) is 48.9 Å². The zero-order valence-electron chi connectivity index (χ0n) is 18.6. The molecular weight excluding hydrogens is 419 g/mol. The minimum absolute atomic E-state index is 0.0347. The molecule has 0 unspecified atom stereocenters. The van der Waals surface area contributed by atoms with E-state index in [4.69, 9.17) is 4.98 Å². The lowest BCUT2D eigenvalue weighted by Gasteiger charge is -2.18. The number of aliphatic hydroxyl groups excluding tert-OH is 1. The second kappa shape index (κ2) is 8.71. The summed E-state index contributed by atoms with van der Waals surface area (Å²) in [7, 11) is 0. The second-order valence-electron chi connectivity index (χ2n) is 8.37. The first-order valence-corrected chi connectivity index (χ1v) is 11.1. The van der Waals surface area contributed by atoms with Crippen LogP contribution in [0.2, 0.25) is 0 Å². The third kappa shape index (κ3) is 4.09. The number of halogens is 1. The first-order valence-electron chi connectivity index (χ1n) is 11.1. The number of benzene rings is 1. The molecule has 1 atom stereocenters. The van der Waals surface area contributed by atoms with Crippen LogP contribution in [-0.4, -0.2) is 29.8 Å². The second-order valence-corrected chi connectivity index (χ2v) is 8.37. The molecule has 0 saturated heterocycles. The van der Waals surface area contributed by atoms with E-state index in [1.165, 1.54) is 12.1 Å². The van der Waals surface area contributed by atoms with Crippen LogP contribution in [0, 0.1) is 12.7 Å². The van der Waals surface area contributed by atoms with Crippen LogP contribution in [0.4, 0.5) is 10.2 Å². The average molecular weight is 445 g/mol. The van der Waals surface area contributed by atoms with E-state index in [0.717, 1.165) is 58.8 Å². The lowest BCUT2D eigenvalue weighted by molar-refractivity contribution is 0.276. The van der Waals surface area contributed by atoms with Gasteiger partial charge in [-0.15, -0.1) is 10.2 Å². The number of aliphatic hydroxyl groups is 1. The maximum absolute atomic E-state index is 13.3. The number of hydrogen-bond donors (Lipinski definition) is 2. The summed E-state index contributed by atoms with van der Waals surface area (Å²) in [6, 6.07) is 10.3. The summed E-state index contributed by atoms with van der Waals surface area (Å²) in [5.74, 6) is 0.510. The van der Waals surface area contributed by atoms with Gasteiger partial charge in [0.15, 0.2) is 5.82 Å². The standard InChI is InChI=1S/C25H25FN6O/c1-15-12-32(14-27-15)23-11-10-21(29-22(23)13-33)24-19-4-3-5-20(19)25(31-30-24)28-16(2)17-6-8-18(26)9-7-17/h6-12,14,16,33H,3-5,13H2,1-2H3,(H,28,31)/t16-/m0/s1. The van der Waals surface area contributed by atoms with Gasteiger partial charge in [0.05, 0.1) is 41.7 Å². The van der Waals surface area contributed by atoms with Crippen LogP contribution < -0.4 is 5.32 Å². The number of imidazole rings is 1. The average Bonchev–Trinajstić information content (AvgIpc) is 3.49. The lowest BCUT2D eigenvalue weighted by Crippen LogP contribution is -2.12. The predicted molar refractivity (Wildman–Crippen MR) is 124 cm³/mol. The molecule has 0 saturated carbocycles. The van der Waals surface area contributed by atoms with Crippen LogP contribution in [0.1, 0.15) is 47.5 Å². The number of anilines is 1. The first kappa shape index (κ1) is 21.2. The van der Waals surface area contributed by atoms with Crippen LogP contribution in [0.3, 0.4) is 0 Å². The Morgan fingerprint density at radius 3 is 2.61 bits per heavy atom. The lowest BCUT2D eigenvalue weighted by atomic mass is 10.1. The Labute approximate surface area is 191 Å². The third-order valence-corrected chi connectivity index (χ3v) is 6.10. The Morgan fingerprint density at radius 2 is 1.88 bits per heavy atom. The SMILES string of the molecule is Cc1cn(-c2ccc(-c3nnc(N[C@@H](C)c4ccc(F)cc4)c4c3CCC4)nc2CO)cn1. The highest BCUT2D eigenvalue weighted by Gasteiger charge is 2.24. The van der Waals surface area contributed by atoms with Crippen LogP contribution in [-0.2, 0) is 19.4 Å². The molecule has 1 aliphatic carbocycles. The van der Waals surface area contributed by atoms with Gasteiger partial charge in [0.1, 0.15) is 11.5 Å². The van der Waals surface area contributed by atoms with Crippen LogP contribution in [0.25, 0.3) is 17.1 Å². The van der Waals surface area contributed by atoms with Gasteiger partial charge in [0, 0.05) is 11.8 Å². The largest absolute Gasteiger partial charge is 0.390 e. The highest BCUT2D eigenvalue weighted by Crippen LogP contribution is 2.35. The Bertz CT molecular complexity index is 1300. The van der Waals surface area contributed by atoms with Crippen molar-refractivity contribution in [3.05, 3.63) is 82.8 Å². The number of pyridine rings is 1. The minimum atomic E-state index is -0.250. The van der Waals surface area contributed by atoms with Gasteiger partial charge >= 0.3 is 0 Å². The van der Waals surface area contributed by atoms with E-state index in [0.29, 0.717) is 11.4 Å². The zero-order valence-corrected chi connectivity index (χ0v) is 18.6. The van der Waals surface area contributed by atoms with E-state index < -0.39 is 0 Å². The summed E-state index contributed by atoms with van der Waals surface area (Å²) in [6.45, 7) is 3.75. The zero-order chi connectivity index (χ0) is 22.9. The van der Waals surface area contributed by atoms with Gasteiger partial charge in [-0.2, -0.15) is 0 Å². The molecule has 0 spiro atoms. The molecule has 4 aromatic rings. The van der Waals surface area contributed by atoms with Crippen molar-refractivity contribution < 1.29 is 9.50 Å². The molecule has 0 amide bonds. The summed E-state index contributed by atoms with van der Waals surface area (Å²) >= 11 is 0. The fraction of sp³-hybridized carbons (Fsp3) is 0.280. The Kier molecular flexibility index (Phi) is 5.60. The Hall–Kier alpha value is -3.65. The molecule has 0 aliphatic heterocycles. The maximum Gasteiger partial charge on any atom is 0.152 e. The molecule has 0 radical (unpaired) electrons. The Balaban J connectivity index is 1.47. The molecular formula is C25H25FN6O. The van der Waals surface area contributed by atoms with Crippen molar-refractivity contribution in [1.82, 2.24) is 24.7 Å². The van der Waals surface area contributed by atoms with E-state index in [9.17, 15) is 9.50 Å². The van der Waals surface area contributed by atoms with Crippen molar-refractivity contribution in [2.45, 2.75) is 45.8 Å². The highest BCUT2D eigenvalue weighted by molar-refractivity contribution is 5.67. The molecule has 0 fully saturated rings. The minimum Gasteiger partial charge on any atom is -0.390 e. The molecule has 3 aromatic heterocycles. The van der Waals surface area contributed by atoms with Crippen LogP contribution in [0.5, 0.6) is 0 Å².